The molecule has 0 atom stereocenters. The van der Waals surface area contributed by atoms with Crippen LogP contribution in [0.2, 0.25) is 5.02 Å². The molecule has 2 N–H and O–H groups in total. The van der Waals surface area contributed by atoms with Gasteiger partial charge in [0.2, 0.25) is 0 Å². The summed E-state index contributed by atoms with van der Waals surface area (Å²) in [5.41, 5.74) is 1.40. The Morgan fingerprint density at radius 3 is 2.59 bits per heavy atom. The van der Waals surface area contributed by atoms with Gasteiger partial charge in [0.15, 0.2) is 11.5 Å². The molecule has 0 aliphatic carbocycles. The number of rotatable bonds is 3. The number of phenols is 1. The molecule has 142 valence electrons. The quantitative estimate of drug-likeness (QED) is 0.561. The van der Waals surface area contributed by atoms with Crippen LogP contribution in [0, 0.1) is 0 Å². The summed E-state index contributed by atoms with van der Waals surface area (Å²) in [4.78, 5) is 8.40. The average Bonchev–Trinajstić information content (AvgIpc) is 3.24. The molecule has 0 saturated carbocycles. The number of aromatic nitrogens is 2. The molecule has 3 aromatic rings. The fraction of sp³-hybridized carbons (Fsp3) is 0.263. The summed E-state index contributed by atoms with van der Waals surface area (Å²) in [6.45, 7) is 2.00. The fourth-order valence-electron chi connectivity index (χ4n) is 2.56. The third-order valence-corrected chi connectivity index (χ3v) is 5.18. The van der Waals surface area contributed by atoms with E-state index in [-0.39, 0.29) is 5.75 Å². The highest BCUT2D eigenvalue weighted by Crippen LogP contribution is 2.34. The van der Waals surface area contributed by atoms with Crippen molar-refractivity contribution >= 4 is 49.9 Å². The van der Waals surface area contributed by atoms with Crippen molar-refractivity contribution in [3.05, 3.63) is 46.2 Å². The molecule has 4 rings (SSSR count). The third-order valence-electron chi connectivity index (χ3n) is 3.95. The molecule has 2 heterocycles. The molecule has 8 heteroatoms. The summed E-state index contributed by atoms with van der Waals surface area (Å²) < 4.78 is 10.9. The zero-order valence-corrected chi connectivity index (χ0v) is 17.0. The van der Waals surface area contributed by atoms with Gasteiger partial charge in [-0.2, -0.15) is 0 Å². The van der Waals surface area contributed by atoms with E-state index in [1.807, 2.05) is 12.1 Å². The van der Waals surface area contributed by atoms with E-state index in [2.05, 4.69) is 31.2 Å². The molecule has 0 radical (unpaired) electrons. The summed E-state index contributed by atoms with van der Waals surface area (Å²) in [5, 5.41) is 14.3. The van der Waals surface area contributed by atoms with Crippen LogP contribution < -0.4 is 10.1 Å². The van der Waals surface area contributed by atoms with Crippen molar-refractivity contribution in [2.45, 2.75) is 12.8 Å². The summed E-state index contributed by atoms with van der Waals surface area (Å²) in [6.07, 6.45) is 3.98. The number of methoxy groups -OCH3 is 1. The van der Waals surface area contributed by atoms with Crippen molar-refractivity contribution in [2.24, 2.45) is 0 Å². The van der Waals surface area contributed by atoms with E-state index in [9.17, 15) is 5.11 Å². The zero-order valence-electron chi connectivity index (χ0n) is 14.7. The summed E-state index contributed by atoms with van der Waals surface area (Å²) in [7, 11) is 1.49. The Hall–Kier alpha value is -2.09. The molecule has 2 aromatic carbocycles. The molecule has 1 fully saturated rings. The van der Waals surface area contributed by atoms with Crippen LogP contribution in [-0.4, -0.2) is 35.4 Å². The van der Waals surface area contributed by atoms with Gasteiger partial charge in [-0.1, -0.05) is 11.6 Å². The number of hydrogen-bond acceptors (Lipinski definition) is 6. The van der Waals surface area contributed by atoms with E-state index in [1.165, 1.54) is 32.3 Å². The molecule has 0 spiro atoms. The monoisotopic (exact) mass is 451 g/mol. The second-order valence-electron chi connectivity index (χ2n) is 5.84. The number of hydrogen-bond donors (Lipinski definition) is 2. The minimum absolute atomic E-state index is 0.0336. The van der Waals surface area contributed by atoms with Crippen molar-refractivity contribution in [3.63, 3.8) is 0 Å². The van der Waals surface area contributed by atoms with Crippen LogP contribution in [0.3, 0.4) is 0 Å². The van der Waals surface area contributed by atoms with E-state index in [4.69, 9.17) is 21.1 Å². The van der Waals surface area contributed by atoms with Crippen molar-refractivity contribution in [1.82, 2.24) is 9.97 Å². The fourth-order valence-corrected chi connectivity index (χ4v) is 2.98. The van der Waals surface area contributed by atoms with Crippen molar-refractivity contribution in [3.8, 4) is 11.5 Å². The summed E-state index contributed by atoms with van der Waals surface area (Å²) in [5.74, 6) is 0.993. The predicted molar refractivity (Wildman–Crippen MR) is 110 cm³/mol. The highest BCUT2D eigenvalue weighted by atomic mass is 79.9. The molecule has 0 unspecified atom stereocenters. The van der Waals surface area contributed by atoms with Crippen LogP contribution in [0.25, 0.3) is 10.9 Å². The Kier molecular flexibility index (Phi) is 6.71. The molecule has 0 bridgehead atoms. The van der Waals surface area contributed by atoms with Crippen LogP contribution in [0.1, 0.15) is 12.8 Å². The van der Waals surface area contributed by atoms with Crippen molar-refractivity contribution < 1.29 is 14.6 Å². The lowest BCUT2D eigenvalue weighted by Gasteiger charge is -2.11. The molecular weight excluding hydrogens is 434 g/mol. The van der Waals surface area contributed by atoms with Crippen molar-refractivity contribution in [2.75, 3.05) is 25.6 Å². The Balaban J connectivity index is 0.000000364. The largest absolute Gasteiger partial charge is 0.504 e. The van der Waals surface area contributed by atoms with Gasteiger partial charge in [-0.15, -0.1) is 0 Å². The first-order valence-electron chi connectivity index (χ1n) is 8.40. The highest BCUT2D eigenvalue weighted by molar-refractivity contribution is 9.10. The number of phenolic OH excluding ortho intramolecular Hbond substituents is 1. The summed E-state index contributed by atoms with van der Waals surface area (Å²) in [6, 6.07) is 8.74. The van der Waals surface area contributed by atoms with Gasteiger partial charge in [0, 0.05) is 34.8 Å². The summed E-state index contributed by atoms with van der Waals surface area (Å²) >= 11 is 9.45. The number of nitrogens with one attached hydrogen (secondary N) is 1. The van der Waals surface area contributed by atoms with Crippen LogP contribution in [-0.2, 0) is 4.74 Å². The standard InChI is InChI=1S/C15H11BrClN3O2.C4H8O/c1-22-14-5-9-12(6-13(14)21)18-7-19-15(9)20-8-2-3-10(16)11(17)4-8;1-2-4-5-3-1/h2-7,21H,1H3,(H,18,19,20);1-4H2. The number of anilines is 2. The van der Waals surface area contributed by atoms with Crippen LogP contribution >= 0.6 is 27.5 Å². The zero-order chi connectivity index (χ0) is 19.2. The molecule has 1 aliphatic heterocycles. The van der Waals surface area contributed by atoms with Crippen LogP contribution in [0.4, 0.5) is 11.5 Å². The minimum atomic E-state index is 0.0336. The second-order valence-corrected chi connectivity index (χ2v) is 7.10. The van der Waals surface area contributed by atoms with E-state index in [1.54, 1.807) is 12.1 Å². The van der Waals surface area contributed by atoms with E-state index < -0.39 is 0 Å². The number of aromatic hydroxyl groups is 1. The number of fused-ring (bicyclic) bond motifs is 1. The lowest BCUT2D eigenvalue weighted by Crippen LogP contribution is -1.96. The maximum absolute atomic E-state index is 9.83. The Morgan fingerprint density at radius 1 is 1.19 bits per heavy atom. The molecule has 1 saturated heterocycles. The smallest absolute Gasteiger partial charge is 0.161 e. The first-order valence-corrected chi connectivity index (χ1v) is 9.57. The average molecular weight is 453 g/mol. The Morgan fingerprint density at radius 2 is 1.96 bits per heavy atom. The third kappa shape index (κ3) is 5.00. The minimum Gasteiger partial charge on any atom is -0.504 e. The van der Waals surface area contributed by atoms with Gasteiger partial charge in [-0.3, -0.25) is 0 Å². The number of ether oxygens (including phenoxy) is 2. The Bertz CT molecular complexity index is 928. The number of benzene rings is 2. The maximum Gasteiger partial charge on any atom is 0.161 e. The van der Waals surface area contributed by atoms with Gasteiger partial charge >= 0.3 is 0 Å². The molecule has 27 heavy (non-hydrogen) atoms. The second kappa shape index (κ2) is 9.21. The molecular formula is C19H19BrClN3O3. The predicted octanol–water partition coefficient (Wildman–Crippen LogP) is 5.30. The van der Waals surface area contributed by atoms with E-state index in [0.29, 0.717) is 22.1 Å². The van der Waals surface area contributed by atoms with Gasteiger partial charge in [0.25, 0.3) is 0 Å². The van der Waals surface area contributed by atoms with Crippen LogP contribution in [0.5, 0.6) is 11.5 Å². The maximum atomic E-state index is 9.83. The van der Waals surface area contributed by atoms with Gasteiger partial charge in [-0.25, -0.2) is 9.97 Å². The first-order chi connectivity index (χ1) is 13.1. The number of nitrogens with zero attached hydrogens (tertiary/aromatic N) is 2. The Labute approximate surface area is 170 Å². The highest BCUT2D eigenvalue weighted by Gasteiger charge is 2.10. The lowest BCUT2D eigenvalue weighted by molar-refractivity contribution is 0.198. The SMILES string of the molecule is C1CCOC1.COc1cc2c(Nc3ccc(Br)c(Cl)c3)ncnc2cc1O. The first kappa shape index (κ1) is 19.7. The molecule has 1 aromatic heterocycles. The van der Waals surface area contributed by atoms with Gasteiger partial charge in [0.1, 0.15) is 12.1 Å². The normalized spacial score (nSPS) is 13.1. The lowest BCUT2D eigenvalue weighted by atomic mass is 10.2. The van der Waals surface area contributed by atoms with Gasteiger partial charge < -0.3 is 19.9 Å². The van der Waals surface area contributed by atoms with Gasteiger partial charge in [-0.05, 0) is 53.0 Å². The topological polar surface area (TPSA) is 76.5 Å². The van der Waals surface area contributed by atoms with Crippen molar-refractivity contribution in [1.29, 1.82) is 0 Å². The molecule has 1 aliphatic rings. The molecule has 6 nitrogen and oxygen atoms in total. The van der Waals surface area contributed by atoms with Gasteiger partial charge in [0.05, 0.1) is 17.6 Å². The van der Waals surface area contributed by atoms with E-state index >= 15 is 0 Å². The molecule has 0 amide bonds. The van der Waals surface area contributed by atoms with Crippen LogP contribution in [0.15, 0.2) is 41.1 Å². The van der Waals surface area contributed by atoms with E-state index in [0.717, 1.165) is 28.8 Å². The number of halogens is 2.